The van der Waals surface area contributed by atoms with Crippen LogP contribution in [0.4, 0.5) is 0 Å². The minimum absolute atomic E-state index is 0.622. The molecule has 50 heavy (non-hydrogen) atoms. The van der Waals surface area contributed by atoms with Gasteiger partial charge in [0.25, 0.3) is 0 Å². The van der Waals surface area contributed by atoms with Crippen molar-refractivity contribution in [3.8, 4) is 67.3 Å². The summed E-state index contributed by atoms with van der Waals surface area (Å²) >= 11 is 0. The summed E-state index contributed by atoms with van der Waals surface area (Å²) in [6, 6.07) is 58.5. The zero-order chi connectivity index (χ0) is 33.4. The maximum absolute atomic E-state index is 5.99. The van der Waals surface area contributed by atoms with E-state index in [-0.39, 0.29) is 0 Å². The van der Waals surface area contributed by atoms with Crippen molar-refractivity contribution >= 4 is 22.1 Å². The van der Waals surface area contributed by atoms with Gasteiger partial charge in [0.05, 0.1) is 22.4 Å². The molecule has 4 nitrogen and oxygen atoms in total. The number of hydrogen-bond donors (Lipinski definition) is 0. The Morgan fingerprint density at radius 1 is 0.400 bits per heavy atom. The van der Waals surface area contributed by atoms with Gasteiger partial charge in [-0.15, -0.1) is 0 Å². The van der Waals surface area contributed by atoms with Crippen LogP contribution in [0.1, 0.15) is 5.56 Å². The van der Waals surface area contributed by atoms with E-state index in [1.165, 1.54) is 0 Å². The summed E-state index contributed by atoms with van der Waals surface area (Å²) in [5.41, 5.74) is 15.9. The predicted octanol–water partition coefficient (Wildman–Crippen LogP) is 12.1. The predicted molar refractivity (Wildman–Crippen MR) is 204 cm³/mol. The normalized spacial score (nSPS) is 11.3. The van der Waals surface area contributed by atoms with Crippen LogP contribution in [0.3, 0.4) is 0 Å². The van der Waals surface area contributed by atoms with Crippen LogP contribution in [-0.2, 0) is 0 Å². The first-order valence-corrected chi connectivity index (χ1v) is 16.8. The van der Waals surface area contributed by atoms with Gasteiger partial charge in [0.2, 0.25) is 5.89 Å². The van der Waals surface area contributed by atoms with Crippen molar-refractivity contribution in [2.75, 3.05) is 0 Å². The average Bonchev–Trinajstić information content (AvgIpc) is 3.63. The lowest BCUT2D eigenvalue weighted by Gasteiger charge is -2.18. The second-order valence-electron chi connectivity index (χ2n) is 12.5. The molecule has 0 aliphatic carbocycles. The van der Waals surface area contributed by atoms with Gasteiger partial charge in [-0.05, 0) is 65.1 Å². The number of aromatic nitrogens is 3. The molecule has 4 heteroatoms. The first-order valence-electron chi connectivity index (χ1n) is 16.8. The van der Waals surface area contributed by atoms with Crippen molar-refractivity contribution in [2.24, 2.45) is 0 Å². The number of nitrogens with zero attached hydrogens (tertiary/aromatic N) is 3. The molecule has 7 aromatic carbocycles. The number of aryl methyl sites for hydroxylation is 1. The molecule has 0 spiro atoms. The van der Waals surface area contributed by atoms with Crippen molar-refractivity contribution in [1.82, 2.24) is 15.0 Å². The number of para-hydroxylation sites is 2. The molecule has 0 saturated heterocycles. The molecule has 0 aliphatic heterocycles. The van der Waals surface area contributed by atoms with E-state index in [1.54, 1.807) is 0 Å². The van der Waals surface area contributed by atoms with Gasteiger partial charge >= 0.3 is 0 Å². The fourth-order valence-corrected chi connectivity index (χ4v) is 6.77. The third kappa shape index (κ3) is 5.33. The summed E-state index contributed by atoms with van der Waals surface area (Å²) in [5, 5.41) is 0. The molecule has 2 aromatic heterocycles. The number of rotatable bonds is 6. The Bertz CT molecular complexity index is 2580. The quantitative estimate of drug-likeness (QED) is 0.181. The Hall–Kier alpha value is -6.65. The van der Waals surface area contributed by atoms with Crippen molar-refractivity contribution in [2.45, 2.75) is 6.92 Å². The van der Waals surface area contributed by atoms with E-state index in [9.17, 15) is 0 Å². The fourth-order valence-electron chi connectivity index (χ4n) is 6.77. The second-order valence-corrected chi connectivity index (χ2v) is 12.5. The summed E-state index contributed by atoms with van der Waals surface area (Å²) < 4.78 is 5.99. The standard InChI is InChI=1S/C46H31N3O/c1-30-29-38(33-13-5-2-6-14-33)44-45(41(30)34-15-7-3-8-16-34)49-42(35-17-9-4-10-18-35)43(48-44)36-25-21-31(22-26-36)32-23-27-37(28-24-32)46-47-39-19-11-12-20-40(39)50-46/h2-29H,1H3. The molecule has 9 aromatic rings. The summed E-state index contributed by atoms with van der Waals surface area (Å²) in [6.07, 6.45) is 0. The Labute approximate surface area is 290 Å². The fraction of sp³-hybridized carbons (Fsp3) is 0.0217. The van der Waals surface area contributed by atoms with Gasteiger partial charge in [-0.25, -0.2) is 15.0 Å². The van der Waals surface area contributed by atoms with Crippen LogP contribution in [0.25, 0.3) is 89.5 Å². The molecule has 0 amide bonds. The topological polar surface area (TPSA) is 51.8 Å². The SMILES string of the molecule is Cc1cc(-c2ccccc2)c2nc(-c3ccc(-c4ccc(-c5nc6ccccc6o5)cc4)cc3)c(-c3ccccc3)nc2c1-c1ccccc1. The number of oxazole rings is 1. The summed E-state index contributed by atoms with van der Waals surface area (Å²) in [4.78, 5) is 15.7. The van der Waals surface area contributed by atoms with Gasteiger partial charge in [-0.2, -0.15) is 0 Å². The first kappa shape index (κ1) is 29.5. The molecule has 0 bridgehead atoms. The minimum Gasteiger partial charge on any atom is -0.436 e. The van der Waals surface area contributed by atoms with Crippen LogP contribution in [-0.4, -0.2) is 15.0 Å². The maximum Gasteiger partial charge on any atom is 0.227 e. The molecule has 2 heterocycles. The van der Waals surface area contributed by atoms with E-state index in [1.807, 2.05) is 36.4 Å². The Morgan fingerprint density at radius 3 is 1.50 bits per heavy atom. The van der Waals surface area contributed by atoms with Crippen molar-refractivity contribution < 1.29 is 4.42 Å². The minimum atomic E-state index is 0.622. The lowest BCUT2D eigenvalue weighted by atomic mass is 9.92. The maximum atomic E-state index is 5.99. The highest BCUT2D eigenvalue weighted by Gasteiger charge is 2.20. The molecular weight excluding hydrogens is 611 g/mol. The van der Waals surface area contributed by atoms with E-state index in [0.717, 1.165) is 89.2 Å². The molecular formula is C46H31N3O. The highest BCUT2D eigenvalue weighted by Crippen LogP contribution is 2.41. The zero-order valence-electron chi connectivity index (χ0n) is 27.4. The van der Waals surface area contributed by atoms with Gasteiger partial charge < -0.3 is 4.42 Å². The monoisotopic (exact) mass is 641 g/mol. The third-order valence-electron chi connectivity index (χ3n) is 9.25. The molecule has 0 radical (unpaired) electrons. The highest BCUT2D eigenvalue weighted by atomic mass is 16.3. The van der Waals surface area contributed by atoms with Crippen LogP contribution >= 0.6 is 0 Å². The second kappa shape index (κ2) is 12.4. The van der Waals surface area contributed by atoms with Gasteiger partial charge in [-0.3, -0.25) is 0 Å². The summed E-state index contributed by atoms with van der Waals surface area (Å²) in [7, 11) is 0. The van der Waals surface area contributed by atoms with Gasteiger partial charge in [-0.1, -0.05) is 140 Å². The lowest BCUT2D eigenvalue weighted by Crippen LogP contribution is -2.00. The van der Waals surface area contributed by atoms with E-state index in [4.69, 9.17) is 14.4 Å². The number of hydrogen-bond acceptors (Lipinski definition) is 4. The van der Waals surface area contributed by atoms with Gasteiger partial charge in [0.15, 0.2) is 5.58 Å². The lowest BCUT2D eigenvalue weighted by molar-refractivity contribution is 0.620. The molecule has 0 unspecified atom stereocenters. The molecule has 0 atom stereocenters. The van der Waals surface area contributed by atoms with Crippen LogP contribution in [0, 0.1) is 6.92 Å². The Kier molecular flexibility index (Phi) is 7.33. The molecule has 9 rings (SSSR count). The highest BCUT2D eigenvalue weighted by molar-refractivity contribution is 6.04. The van der Waals surface area contributed by atoms with Gasteiger partial charge in [0, 0.05) is 27.8 Å². The van der Waals surface area contributed by atoms with Crippen molar-refractivity contribution in [3.63, 3.8) is 0 Å². The third-order valence-corrected chi connectivity index (χ3v) is 9.25. The van der Waals surface area contributed by atoms with E-state index in [2.05, 4.69) is 145 Å². The van der Waals surface area contributed by atoms with Crippen LogP contribution in [0.15, 0.2) is 174 Å². The number of benzene rings is 7. The molecule has 0 N–H and O–H groups in total. The summed E-state index contributed by atoms with van der Waals surface area (Å²) in [5.74, 6) is 0.622. The molecule has 0 fully saturated rings. The smallest absolute Gasteiger partial charge is 0.227 e. The Balaban J connectivity index is 1.18. The molecule has 0 aliphatic rings. The first-order chi connectivity index (χ1) is 24.7. The molecule has 0 saturated carbocycles. The van der Waals surface area contributed by atoms with E-state index < -0.39 is 0 Å². The molecule has 236 valence electrons. The van der Waals surface area contributed by atoms with Crippen LogP contribution in [0.2, 0.25) is 0 Å². The van der Waals surface area contributed by atoms with Crippen LogP contribution < -0.4 is 0 Å². The largest absolute Gasteiger partial charge is 0.436 e. The van der Waals surface area contributed by atoms with E-state index >= 15 is 0 Å². The summed E-state index contributed by atoms with van der Waals surface area (Å²) in [6.45, 7) is 2.17. The average molecular weight is 642 g/mol. The van der Waals surface area contributed by atoms with Crippen molar-refractivity contribution in [1.29, 1.82) is 0 Å². The van der Waals surface area contributed by atoms with Crippen molar-refractivity contribution in [3.05, 3.63) is 175 Å². The Morgan fingerprint density at radius 2 is 0.880 bits per heavy atom. The van der Waals surface area contributed by atoms with E-state index in [0.29, 0.717) is 5.89 Å². The number of fused-ring (bicyclic) bond motifs is 2. The van der Waals surface area contributed by atoms with Gasteiger partial charge in [0.1, 0.15) is 5.52 Å². The van der Waals surface area contributed by atoms with Crippen LogP contribution in [0.5, 0.6) is 0 Å². The zero-order valence-corrected chi connectivity index (χ0v) is 27.4.